The molecule has 0 unspecified atom stereocenters. The SMILES string of the molecule is C[C@@H]1CN(S(=O)(=O)CCNC(=O)[C@H](Sc2ccccc2)c2ccccc2)C[C@@H](C)O1. The number of amides is 1. The summed E-state index contributed by atoms with van der Waals surface area (Å²) in [5.41, 5.74) is 0.877. The average Bonchev–Trinajstić information content (AvgIpc) is 2.72. The first kappa shape index (κ1) is 22.8. The summed E-state index contributed by atoms with van der Waals surface area (Å²) in [5, 5.41) is 2.36. The number of benzene rings is 2. The topological polar surface area (TPSA) is 75.7 Å². The lowest BCUT2D eigenvalue weighted by molar-refractivity contribution is -0.120. The normalized spacial score (nSPS) is 21.1. The fourth-order valence-corrected chi connectivity index (χ4v) is 5.98. The molecule has 3 atom stereocenters. The van der Waals surface area contributed by atoms with Crippen LogP contribution in [0, 0.1) is 0 Å². The van der Waals surface area contributed by atoms with Gasteiger partial charge in [-0.25, -0.2) is 8.42 Å². The van der Waals surface area contributed by atoms with Gasteiger partial charge in [-0.2, -0.15) is 4.31 Å². The molecule has 0 aliphatic carbocycles. The summed E-state index contributed by atoms with van der Waals surface area (Å²) in [4.78, 5) is 13.9. The molecule has 2 aromatic carbocycles. The van der Waals surface area contributed by atoms with Gasteiger partial charge in [0.25, 0.3) is 0 Å². The molecule has 6 nitrogen and oxygen atoms in total. The van der Waals surface area contributed by atoms with Crippen molar-refractivity contribution in [1.82, 2.24) is 9.62 Å². The van der Waals surface area contributed by atoms with Gasteiger partial charge in [-0.1, -0.05) is 48.5 Å². The van der Waals surface area contributed by atoms with Crippen molar-refractivity contribution in [3.63, 3.8) is 0 Å². The minimum Gasteiger partial charge on any atom is -0.373 e. The van der Waals surface area contributed by atoms with E-state index in [9.17, 15) is 13.2 Å². The second kappa shape index (κ2) is 10.4. The summed E-state index contributed by atoms with van der Waals surface area (Å²) in [6, 6.07) is 19.2. The summed E-state index contributed by atoms with van der Waals surface area (Å²) >= 11 is 1.45. The predicted octanol–water partition coefficient (Wildman–Crippen LogP) is 3.08. The maximum Gasteiger partial charge on any atom is 0.238 e. The van der Waals surface area contributed by atoms with E-state index in [4.69, 9.17) is 4.74 Å². The van der Waals surface area contributed by atoms with Crippen molar-refractivity contribution in [3.8, 4) is 0 Å². The molecular formula is C22H28N2O4S2. The first-order valence-electron chi connectivity index (χ1n) is 10.0. The highest BCUT2D eigenvalue weighted by Crippen LogP contribution is 2.35. The number of sulfonamides is 1. The molecule has 0 saturated carbocycles. The van der Waals surface area contributed by atoms with Gasteiger partial charge in [0, 0.05) is 24.5 Å². The van der Waals surface area contributed by atoms with Gasteiger partial charge < -0.3 is 10.1 Å². The van der Waals surface area contributed by atoms with Gasteiger partial charge in [-0.3, -0.25) is 4.79 Å². The van der Waals surface area contributed by atoms with Crippen LogP contribution in [-0.4, -0.2) is 56.2 Å². The van der Waals surface area contributed by atoms with Crippen LogP contribution in [0.15, 0.2) is 65.6 Å². The van der Waals surface area contributed by atoms with Crippen LogP contribution in [0.5, 0.6) is 0 Å². The van der Waals surface area contributed by atoms with Crippen LogP contribution in [0.4, 0.5) is 0 Å². The summed E-state index contributed by atoms with van der Waals surface area (Å²) < 4.78 is 32.5. The molecule has 0 spiro atoms. The molecule has 1 fully saturated rings. The summed E-state index contributed by atoms with van der Waals surface area (Å²) in [5.74, 6) is -0.329. The highest BCUT2D eigenvalue weighted by molar-refractivity contribution is 8.00. The smallest absolute Gasteiger partial charge is 0.238 e. The van der Waals surface area contributed by atoms with Gasteiger partial charge in [0.1, 0.15) is 5.25 Å². The molecule has 1 heterocycles. The van der Waals surface area contributed by atoms with Crippen molar-refractivity contribution >= 4 is 27.7 Å². The number of morpholine rings is 1. The fourth-order valence-electron chi connectivity index (χ4n) is 3.42. The number of rotatable bonds is 8. The van der Waals surface area contributed by atoms with Crippen molar-refractivity contribution in [2.75, 3.05) is 25.4 Å². The van der Waals surface area contributed by atoms with E-state index in [-0.39, 0.29) is 30.4 Å². The summed E-state index contributed by atoms with van der Waals surface area (Å²) in [6.45, 7) is 4.49. The van der Waals surface area contributed by atoms with E-state index in [1.165, 1.54) is 16.1 Å². The molecule has 1 aliphatic heterocycles. The van der Waals surface area contributed by atoms with E-state index < -0.39 is 15.3 Å². The maximum atomic E-state index is 13.0. The third kappa shape index (κ3) is 6.31. The number of carbonyl (C=O) groups excluding carboxylic acids is 1. The van der Waals surface area contributed by atoms with Crippen molar-refractivity contribution in [1.29, 1.82) is 0 Å². The largest absolute Gasteiger partial charge is 0.373 e. The zero-order chi connectivity index (χ0) is 21.6. The highest BCUT2D eigenvalue weighted by Gasteiger charge is 2.31. The van der Waals surface area contributed by atoms with Gasteiger partial charge in [0.2, 0.25) is 15.9 Å². The van der Waals surface area contributed by atoms with Gasteiger partial charge in [0.05, 0.1) is 18.0 Å². The zero-order valence-corrected chi connectivity index (χ0v) is 18.9. The Hall–Kier alpha value is -1.87. The van der Waals surface area contributed by atoms with Crippen LogP contribution in [0.2, 0.25) is 0 Å². The number of hydrogen-bond donors (Lipinski definition) is 1. The first-order valence-corrected chi connectivity index (χ1v) is 12.5. The van der Waals surface area contributed by atoms with Crippen LogP contribution >= 0.6 is 11.8 Å². The molecule has 1 aliphatic rings. The van der Waals surface area contributed by atoms with Crippen LogP contribution < -0.4 is 5.32 Å². The molecule has 0 aromatic heterocycles. The van der Waals surface area contributed by atoms with E-state index in [2.05, 4.69) is 5.32 Å². The lowest BCUT2D eigenvalue weighted by Crippen LogP contribution is -2.49. The molecular weight excluding hydrogens is 420 g/mol. The molecule has 8 heteroatoms. The van der Waals surface area contributed by atoms with Crippen molar-refractivity contribution in [2.45, 2.75) is 36.2 Å². The molecule has 3 rings (SSSR count). The van der Waals surface area contributed by atoms with E-state index in [1.54, 1.807) is 0 Å². The lowest BCUT2D eigenvalue weighted by Gasteiger charge is -2.34. The Kier molecular flexibility index (Phi) is 7.93. The maximum absolute atomic E-state index is 13.0. The second-order valence-corrected chi connectivity index (χ2v) is 10.7. The van der Waals surface area contributed by atoms with Gasteiger partial charge in [-0.05, 0) is 31.5 Å². The van der Waals surface area contributed by atoms with Gasteiger partial charge in [0.15, 0.2) is 0 Å². The van der Waals surface area contributed by atoms with Crippen molar-refractivity contribution in [3.05, 3.63) is 66.2 Å². The predicted molar refractivity (Wildman–Crippen MR) is 120 cm³/mol. The Bertz CT molecular complexity index is 913. The molecule has 1 N–H and O–H groups in total. The monoisotopic (exact) mass is 448 g/mol. The third-order valence-electron chi connectivity index (χ3n) is 4.78. The van der Waals surface area contributed by atoms with Crippen LogP contribution in [0.25, 0.3) is 0 Å². The Morgan fingerprint density at radius 3 is 2.23 bits per heavy atom. The summed E-state index contributed by atoms with van der Waals surface area (Å²) in [6.07, 6.45) is -0.273. The first-order chi connectivity index (χ1) is 14.3. The average molecular weight is 449 g/mol. The third-order valence-corrected chi connectivity index (χ3v) is 7.85. The van der Waals surface area contributed by atoms with Crippen molar-refractivity contribution in [2.24, 2.45) is 0 Å². The van der Waals surface area contributed by atoms with Gasteiger partial charge in [-0.15, -0.1) is 11.8 Å². The van der Waals surface area contributed by atoms with E-state index in [1.807, 2.05) is 74.5 Å². The highest BCUT2D eigenvalue weighted by atomic mass is 32.2. The minimum absolute atomic E-state index is 0.0694. The minimum atomic E-state index is -3.46. The molecule has 1 amide bonds. The van der Waals surface area contributed by atoms with Crippen LogP contribution in [0.3, 0.4) is 0 Å². The van der Waals surface area contributed by atoms with E-state index in [0.717, 1.165) is 10.5 Å². The van der Waals surface area contributed by atoms with Crippen molar-refractivity contribution < 1.29 is 17.9 Å². The number of nitrogens with one attached hydrogen (secondary N) is 1. The van der Waals surface area contributed by atoms with E-state index >= 15 is 0 Å². The number of thioether (sulfide) groups is 1. The Labute approximate surface area is 183 Å². The number of hydrogen-bond acceptors (Lipinski definition) is 5. The van der Waals surface area contributed by atoms with Crippen LogP contribution in [0.1, 0.15) is 24.7 Å². The number of carbonyl (C=O) groups is 1. The Morgan fingerprint density at radius 2 is 1.63 bits per heavy atom. The molecule has 30 heavy (non-hydrogen) atoms. The molecule has 0 bridgehead atoms. The lowest BCUT2D eigenvalue weighted by atomic mass is 10.1. The summed E-state index contributed by atoms with van der Waals surface area (Å²) in [7, 11) is -3.46. The van der Waals surface area contributed by atoms with Gasteiger partial charge >= 0.3 is 0 Å². The standard InChI is InChI=1S/C22H28N2O4S2/c1-17-15-24(16-18(2)28-17)30(26,27)14-13-23-22(25)21(19-9-5-3-6-10-19)29-20-11-7-4-8-12-20/h3-12,17-18,21H,13-16H2,1-2H3,(H,23,25)/t17-,18-,21-/m1/s1. The van der Waals surface area contributed by atoms with Crippen LogP contribution in [-0.2, 0) is 19.6 Å². The number of nitrogens with zero attached hydrogens (tertiary/aromatic N) is 1. The van der Waals surface area contributed by atoms with E-state index in [0.29, 0.717) is 13.1 Å². The zero-order valence-electron chi connectivity index (χ0n) is 17.2. The Morgan fingerprint density at radius 1 is 1.07 bits per heavy atom. The molecule has 162 valence electrons. The molecule has 0 radical (unpaired) electrons. The fraction of sp³-hybridized carbons (Fsp3) is 0.409. The molecule has 1 saturated heterocycles. The second-order valence-electron chi connectivity index (χ2n) is 7.40. The Balaban J connectivity index is 1.63. The number of ether oxygens (including phenoxy) is 1. The quantitative estimate of drug-likeness (QED) is 0.628. The molecule has 2 aromatic rings.